The maximum Gasteiger partial charge on any atom is 0.128 e. The van der Waals surface area contributed by atoms with Crippen LogP contribution in [0.2, 0.25) is 5.02 Å². The van der Waals surface area contributed by atoms with Crippen LogP contribution in [-0.4, -0.2) is 12.2 Å². The molecule has 1 atom stereocenters. The van der Waals surface area contributed by atoms with E-state index in [2.05, 4.69) is 0 Å². The summed E-state index contributed by atoms with van der Waals surface area (Å²) in [5.41, 5.74) is 2.05. The fourth-order valence-corrected chi connectivity index (χ4v) is 2.63. The Bertz CT molecular complexity index is 603. The third kappa shape index (κ3) is 2.79. The van der Waals surface area contributed by atoms with Gasteiger partial charge in [0.2, 0.25) is 0 Å². The minimum Gasteiger partial charge on any atom is -0.392 e. The minimum absolute atomic E-state index is 0.107. The first-order valence-electron chi connectivity index (χ1n) is 6.41. The topological polar surface area (TPSA) is 23.5 Å². The van der Waals surface area contributed by atoms with E-state index in [1.54, 1.807) is 24.3 Å². The molecule has 0 aliphatic heterocycles. The number of halogens is 2. The van der Waals surface area contributed by atoms with Gasteiger partial charge in [0.1, 0.15) is 5.82 Å². The van der Waals surface area contributed by atoms with Gasteiger partial charge >= 0.3 is 0 Å². The van der Waals surface area contributed by atoms with E-state index < -0.39 is 0 Å². The number of aliphatic hydroxyl groups is 1. The van der Waals surface area contributed by atoms with Crippen LogP contribution >= 0.6 is 11.6 Å². The van der Waals surface area contributed by atoms with Gasteiger partial charge in [0.25, 0.3) is 0 Å². The van der Waals surface area contributed by atoms with Crippen LogP contribution in [0.5, 0.6) is 0 Å². The second-order valence-electron chi connectivity index (χ2n) is 4.71. The SMILES string of the molecule is CC(c1ccccc1F)N(C)c1c(Cl)cccc1CO. The number of rotatable bonds is 4. The van der Waals surface area contributed by atoms with Gasteiger partial charge in [-0.1, -0.05) is 41.9 Å². The smallest absolute Gasteiger partial charge is 0.128 e. The molecule has 0 heterocycles. The van der Waals surface area contributed by atoms with Gasteiger partial charge in [-0.3, -0.25) is 0 Å². The predicted octanol–water partition coefficient (Wildman–Crippen LogP) is 4.17. The van der Waals surface area contributed by atoms with Crippen LogP contribution in [0.1, 0.15) is 24.1 Å². The Kier molecular flexibility index (Phi) is 4.63. The molecule has 0 aromatic heterocycles. The van der Waals surface area contributed by atoms with E-state index in [1.807, 2.05) is 31.0 Å². The van der Waals surface area contributed by atoms with Crippen molar-refractivity contribution in [2.45, 2.75) is 19.6 Å². The van der Waals surface area contributed by atoms with Gasteiger partial charge in [0.15, 0.2) is 0 Å². The summed E-state index contributed by atoms with van der Waals surface area (Å²) in [4.78, 5) is 1.88. The van der Waals surface area contributed by atoms with Crippen LogP contribution in [0.3, 0.4) is 0 Å². The molecule has 0 fully saturated rings. The largest absolute Gasteiger partial charge is 0.392 e. The summed E-state index contributed by atoms with van der Waals surface area (Å²) in [7, 11) is 1.84. The van der Waals surface area contributed by atoms with Crippen LogP contribution in [-0.2, 0) is 6.61 Å². The molecule has 0 amide bonds. The van der Waals surface area contributed by atoms with Gasteiger partial charge < -0.3 is 10.0 Å². The van der Waals surface area contributed by atoms with Crippen LogP contribution in [0.25, 0.3) is 0 Å². The molecule has 2 nitrogen and oxygen atoms in total. The molecule has 1 unspecified atom stereocenters. The molecule has 2 rings (SSSR count). The summed E-state index contributed by atoms with van der Waals surface area (Å²) in [6.45, 7) is 1.80. The van der Waals surface area contributed by atoms with Crippen LogP contribution in [0.4, 0.5) is 10.1 Å². The number of hydrogen-bond donors (Lipinski definition) is 1. The molecule has 0 aliphatic carbocycles. The number of hydrogen-bond acceptors (Lipinski definition) is 2. The normalized spacial score (nSPS) is 12.2. The molecular weight excluding hydrogens is 277 g/mol. The van der Waals surface area contributed by atoms with Crippen molar-refractivity contribution in [1.29, 1.82) is 0 Å². The molecule has 0 aliphatic rings. The van der Waals surface area contributed by atoms with Gasteiger partial charge in [0, 0.05) is 18.2 Å². The Morgan fingerprint density at radius 2 is 1.90 bits per heavy atom. The van der Waals surface area contributed by atoms with Crippen molar-refractivity contribution in [2.24, 2.45) is 0 Å². The van der Waals surface area contributed by atoms with Crippen molar-refractivity contribution in [1.82, 2.24) is 0 Å². The maximum atomic E-state index is 13.9. The van der Waals surface area contributed by atoms with Crippen molar-refractivity contribution in [3.63, 3.8) is 0 Å². The second kappa shape index (κ2) is 6.25. The van der Waals surface area contributed by atoms with E-state index in [9.17, 15) is 9.50 Å². The highest BCUT2D eigenvalue weighted by Crippen LogP contribution is 2.35. The summed E-state index contributed by atoms with van der Waals surface area (Å²) in [5, 5.41) is 9.98. The highest BCUT2D eigenvalue weighted by atomic mass is 35.5. The molecule has 0 saturated carbocycles. The summed E-state index contributed by atoms with van der Waals surface area (Å²) >= 11 is 6.23. The number of anilines is 1. The number of benzene rings is 2. The first kappa shape index (κ1) is 14.8. The van der Waals surface area contributed by atoms with Crippen molar-refractivity contribution in [3.8, 4) is 0 Å². The fraction of sp³-hybridized carbons (Fsp3) is 0.250. The first-order chi connectivity index (χ1) is 9.56. The molecule has 0 radical (unpaired) electrons. The van der Waals surface area contributed by atoms with Crippen LogP contribution < -0.4 is 4.90 Å². The summed E-state index contributed by atoms with van der Waals surface area (Å²) in [6, 6.07) is 11.8. The van der Waals surface area contributed by atoms with Gasteiger partial charge in [-0.2, -0.15) is 0 Å². The monoisotopic (exact) mass is 293 g/mol. The van der Waals surface area contributed by atoms with E-state index in [1.165, 1.54) is 6.07 Å². The predicted molar refractivity (Wildman–Crippen MR) is 80.6 cm³/mol. The molecule has 20 heavy (non-hydrogen) atoms. The van der Waals surface area contributed by atoms with E-state index in [0.717, 1.165) is 11.3 Å². The molecule has 0 saturated heterocycles. The highest BCUT2D eigenvalue weighted by molar-refractivity contribution is 6.33. The average molecular weight is 294 g/mol. The van der Waals surface area contributed by atoms with E-state index >= 15 is 0 Å². The van der Waals surface area contributed by atoms with Gasteiger partial charge in [-0.25, -0.2) is 4.39 Å². The zero-order valence-electron chi connectivity index (χ0n) is 11.5. The Morgan fingerprint density at radius 1 is 1.20 bits per heavy atom. The Balaban J connectivity index is 2.41. The highest BCUT2D eigenvalue weighted by Gasteiger charge is 2.19. The molecule has 4 heteroatoms. The van der Waals surface area contributed by atoms with Crippen molar-refractivity contribution >= 4 is 17.3 Å². The Hall–Kier alpha value is -1.58. The summed E-state index contributed by atoms with van der Waals surface area (Å²) in [6.07, 6.45) is 0. The van der Waals surface area contributed by atoms with E-state index in [0.29, 0.717) is 10.6 Å². The third-order valence-electron chi connectivity index (χ3n) is 3.53. The van der Waals surface area contributed by atoms with Gasteiger partial charge in [0.05, 0.1) is 23.4 Å². The summed E-state index contributed by atoms with van der Waals surface area (Å²) < 4.78 is 13.9. The lowest BCUT2D eigenvalue weighted by molar-refractivity contribution is 0.282. The van der Waals surface area contributed by atoms with Crippen molar-refractivity contribution in [3.05, 3.63) is 64.4 Å². The number of para-hydroxylation sites is 1. The second-order valence-corrected chi connectivity index (χ2v) is 5.12. The number of aliphatic hydroxyl groups excluding tert-OH is 1. The molecule has 0 bridgehead atoms. The molecular formula is C16H17ClFNO. The maximum absolute atomic E-state index is 13.9. The van der Waals surface area contributed by atoms with E-state index in [4.69, 9.17) is 11.6 Å². The quantitative estimate of drug-likeness (QED) is 0.914. The third-order valence-corrected chi connectivity index (χ3v) is 3.83. The zero-order valence-corrected chi connectivity index (χ0v) is 12.2. The van der Waals surface area contributed by atoms with Crippen molar-refractivity contribution < 1.29 is 9.50 Å². The van der Waals surface area contributed by atoms with Crippen molar-refractivity contribution in [2.75, 3.05) is 11.9 Å². The minimum atomic E-state index is -0.246. The Morgan fingerprint density at radius 3 is 2.55 bits per heavy atom. The standard InChI is InChI=1S/C16H17ClFNO/c1-11(13-7-3-4-9-15(13)18)19(2)16-12(10-20)6-5-8-14(16)17/h3-9,11,20H,10H2,1-2H3. The lowest BCUT2D eigenvalue weighted by Gasteiger charge is -2.30. The molecule has 0 spiro atoms. The fourth-order valence-electron chi connectivity index (χ4n) is 2.30. The average Bonchev–Trinajstić information content (AvgIpc) is 2.46. The van der Waals surface area contributed by atoms with Crippen LogP contribution in [0, 0.1) is 5.82 Å². The summed E-state index contributed by atoms with van der Waals surface area (Å²) in [5.74, 6) is -0.246. The lowest BCUT2D eigenvalue weighted by atomic mass is 10.0. The lowest BCUT2D eigenvalue weighted by Crippen LogP contribution is -2.24. The molecule has 2 aromatic rings. The molecule has 106 valence electrons. The van der Waals surface area contributed by atoms with Crippen LogP contribution in [0.15, 0.2) is 42.5 Å². The van der Waals surface area contributed by atoms with Gasteiger partial charge in [-0.05, 0) is 19.1 Å². The Labute approximate surface area is 123 Å². The molecule has 1 N–H and O–H groups in total. The zero-order chi connectivity index (χ0) is 14.7. The number of nitrogens with zero attached hydrogens (tertiary/aromatic N) is 1. The first-order valence-corrected chi connectivity index (χ1v) is 6.79. The van der Waals surface area contributed by atoms with Gasteiger partial charge in [-0.15, -0.1) is 0 Å². The van der Waals surface area contributed by atoms with E-state index in [-0.39, 0.29) is 18.5 Å². The molecule has 2 aromatic carbocycles.